The second-order valence-corrected chi connectivity index (χ2v) is 12.2. The Balaban J connectivity index is 1.56. The molecule has 0 fully saturated rings. The Hall–Kier alpha value is -3.51. The van der Waals surface area contributed by atoms with E-state index in [2.05, 4.69) is 4.98 Å². The van der Waals surface area contributed by atoms with E-state index < -0.39 is 28.3 Å². The van der Waals surface area contributed by atoms with Crippen molar-refractivity contribution in [3.63, 3.8) is 0 Å². The zero-order chi connectivity index (χ0) is 28.7. The number of pyridine rings is 1. The van der Waals surface area contributed by atoms with Crippen LogP contribution < -0.4 is 14.4 Å². The molecule has 2 N–H and O–H groups in total. The van der Waals surface area contributed by atoms with Gasteiger partial charge in [0.05, 0.1) is 11.9 Å². The van der Waals surface area contributed by atoms with Crippen LogP contribution in [0, 0.1) is 5.92 Å². The summed E-state index contributed by atoms with van der Waals surface area (Å²) >= 11 is 0. The zero-order valence-electron chi connectivity index (χ0n) is 22.9. The molecule has 10 nitrogen and oxygen atoms in total. The number of aromatic nitrogens is 1. The summed E-state index contributed by atoms with van der Waals surface area (Å²) in [5, 5.41) is 11.5. The summed E-state index contributed by atoms with van der Waals surface area (Å²) in [6.45, 7) is 3.85. The highest BCUT2D eigenvalue weighted by atomic mass is 32.2. The molecule has 2 aromatic carbocycles. The predicted octanol–water partition coefficient (Wildman–Crippen LogP) is 2.28. The summed E-state index contributed by atoms with van der Waals surface area (Å²) in [5.74, 6) is 0.819. The minimum absolute atomic E-state index is 0.0157. The largest absolute Gasteiger partial charge is 0.514 e. The number of nitrogens with zero attached hydrogens (tertiary/aromatic N) is 2. The topological polar surface area (TPSA) is 120 Å². The van der Waals surface area contributed by atoms with Gasteiger partial charge < -0.3 is 19.3 Å². The molecular formula is C29H36N3O7S+. The van der Waals surface area contributed by atoms with Crippen molar-refractivity contribution in [2.24, 2.45) is 5.92 Å². The number of likely N-dealkylation sites (N-methyl/N-ethyl adjacent to an activating group) is 1. The molecule has 3 atom stereocenters. The number of carbonyl (C=O) groups is 1. The van der Waals surface area contributed by atoms with Crippen LogP contribution in [0.1, 0.15) is 25.0 Å². The van der Waals surface area contributed by atoms with Crippen LogP contribution >= 0.6 is 0 Å². The van der Waals surface area contributed by atoms with Gasteiger partial charge in [-0.2, -0.15) is 9.10 Å². The molecule has 2 heterocycles. The summed E-state index contributed by atoms with van der Waals surface area (Å²) < 4.78 is 45.0. The number of fused-ring (bicyclic) bond motifs is 1. The van der Waals surface area contributed by atoms with E-state index in [0.717, 1.165) is 11.1 Å². The van der Waals surface area contributed by atoms with Crippen molar-refractivity contribution in [2.45, 2.75) is 43.9 Å². The van der Waals surface area contributed by atoms with E-state index in [1.54, 1.807) is 37.6 Å². The van der Waals surface area contributed by atoms with Gasteiger partial charge in [-0.05, 0) is 29.7 Å². The maximum atomic E-state index is 13.8. The number of benzene rings is 2. The van der Waals surface area contributed by atoms with Gasteiger partial charge in [0.25, 0.3) is 0 Å². The molecule has 0 spiro atoms. The van der Waals surface area contributed by atoms with Crippen molar-refractivity contribution in [1.29, 1.82) is 0 Å². The SMILES string of the molecule is CC(C)CN(C[C@@H](O)[C@H](Cc1ccccc1)[NH+](C)C(=O)OCc1cccnc1)S(=O)(=O)c1ccc2c(c1)OCO2. The van der Waals surface area contributed by atoms with E-state index >= 15 is 0 Å². The molecule has 1 aliphatic heterocycles. The molecule has 3 aromatic rings. The van der Waals surface area contributed by atoms with Gasteiger partial charge in [0.1, 0.15) is 18.8 Å². The number of carbonyl (C=O) groups excluding carboxylic acids is 1. The molecule has 1 aromatic heterocycles. The van der Waals surface area contributed by atoms with Crippen molar-refractivity contribution in [3.8, 4) is 11.5 Å². The smallest absolute Gasteiger partial charge is 0.454 e. The number of sulfonamides is 1. The highest BCUT2D eigenvalue weighted by Crippen LogP contribution is 2.34. The Kier molecular flexibility index (Phi) is 9.75. The Morgan fingerprint density at radius 3 is 2.48 bits per heavy atom. The molecule has 214 valence electrons. The van der Waals surface area contributed by atoms with E-state index in [0.29, 0.717) is 22.8 Å². The van der Waals surface area contributed by atoms with E-state index in [4.69, 9.17) is 14.2 Å². The lowest BCUT2D eigenvalue weighted by Crippen LogP contribution is -3.17. The average Bonchev–Trinajstić information content (AvgIpc) is 3.43. The molecule has 0 aliphatic carbocycles. The molecule has 1 unspecified atom stereocenters. The lowest BCUT2D eigenvalue weighted by molar-refractivity contribution is -0.835. The monoisotopic (exact) mass is 570 g/mol. The van der Waals surface area contributed by atoms with Crippen LogP contribution in [0.4, 0.5) is 4.79 Å². The number of rotatable bonds is 12. The zero-order valence-corrected chi connectivity index (χ0v) is 23.7. The molecule has 4 rings (SSSR count). The minimum atomic E-state index is -4.01. The quantitative estimate of drug-likeness (QED) is 0.341. The second-order valence-electron chi connectivity index (χ2n) is 10.2. The minimum Gasteiger partial charge on any atom is -0.454 e. The first kappa shape index (κ1) is 29.5. The van der Waals surface area contributed by atoms with Crippen molar-refractivity contribution < 1.29 is 37.4 Å². The number of hydrogen-bond acceptors (Lipinski definition) is 8. The number of ether oxygens (including phenoxy) is 3. The van der Waals surface area contributed by atoms with Crippen molar-refractivity contribution in [3.05, 3.63) is 84.2 Å². The molecule has 11 heteroatoms. The van der Waals surface area contributed by atoms with Crippen LogP contribution in [0.15, 0.2) is 78.0 Å². The summed E-state index contributed by atoms with van der Waals surface area (Å²) in [5.41, 5.74) is 1.64. The summed E-state index contributed by atoms with van der Waals surface area (Å²) in [7, 11) is -2.38. The number of quaternary nitrogens is 1. The van der Waals surface area contributed by atoms with Crippen LogP contribution in [0.2, 0.25) is 0 Å². The second kappa shape index (κ2) is 13.2. The van der Waals surface area contributed by atoms with Gasteiger partial charge in [-0.3, -0.25) is 4.98 Å². The molecule has 40 heavy (non-hydrogen) atoms. The van der Waals surface area contributed by atoms with Crippen LogP contribution in [-0.2, 0) is 27.8 Å². The van der Waals surface area contributed by atoms with Crippen LogP contribution in [0.5, 0.6) is 11.5 Å². The first-order valence-electron chi connectivity index (χ1n) is 13.2. The van der Waals surface area contributed by atoms with Crippen molar-refractivity contribution >= 4 is 16.1 Å². The number of alkyl carbamates (subject to hydrolysis) is 2. The number of nitrogens with one attached hydrogen (secondary N) is 1. The first-order valence-corrected chi connectivity index (χ1v) is 14.6. The molecule has 0 radical (unpaired) electrons. The van der Waals surface area contributed by atoms with E-state index in [9.17, 15) is 18.3 Å². The predicted molar refractivity (Wildman–Crippen MR) is 147 cm³/mol. The molecule has 0 saturated carbocycles. The number of aliphatic hydroxyl groups is 1. The van der Waals surface area contributed by atoms with Crippen LogP contribution in [-0.4, -0.2) is 68.0 Å². The molecular weight excluding hydrogens is 534 g/mol. The Labute approximate surface area is 235 Å². The van der Waals surface area contributed by atoms with Gasteiger partial charge in [-0.1, -0.05) is 50.2 Å². The maximum absolute atomic E-state index is 13.8. The van der Waals surface area contributed by atoms with Gasteiger partial charge in [0.15, 0.2) is 11.5 Å². The highest BCUT2D eigenvalue weighted by Gasteiger charge is 2.37. The Morgan fingerprint density at radius 1 is 1.05 bits per heavy atom. The molecule has 0 saturated heterocycles. The third-order valence-electron chi connectivity index (χ3n) is 6.68. The number of hydrogen-bond donors (Lipinski definition) is 2. The van der Waals surface area contributed by atoms with Crippen molar-refractivity contribution in [2.75, 3.05) is 26.9 Å². The van der Waals surface area contributed by atoms with Gasteiger partial charge in [-0.15, -0.1) is 0 Å². The van der Waals surface area contributed by atoms with Crippen molar-refractivity contribution in [1.82, 2.24) is 9.29 Å². The Morgan fingerprint density at radius 2 is 1.77 bits per heavy atom. The summed E-state index contributed by atoms with van der Waals surface area (Å²) in [6, 6.07) is 16.8. The third kappa shape index (κ3) is 7.36. The van der Waals surface area contributed by atoms with Gasteiger partial charge >= 0.3 is 6.09 Å². The van der Waals surface area contributed by atoms with E-state index in [1.807, 2.05) is 44.2 Å². The average molecular weight is 571 g/mol. The van der Waals surface area contributed by atoms with Gasteiger partial charge in [-0.25, -0.2) is 13.3 Å². The fraction of sp³-hybridized carbons (Fsp3) is 0.379. The Bertz CT molecular complexity index is 1370. The maximum Gasteiger partial charge on any atom is 0.514 e. The molecule has 0 bridgehead atoms. The van der Waals surface area contributed by atoms with E-state index in [1.165, 1.54) is 16.4 Å². The lowest BCUT2D eigenvalue weighted by atomic mass is 10.00. The molecule has 1 aliphatic rings. The first-order chi connectivity index (χ1) is 19.1. The third-order valence-corrected chi connectivity index (χ3v) is 8.50. The lowest BCUT2D eigenvalue weighted by Gasteiger charge is -2.31. The van der Waals surface area contributed by atoms with Gasteiger partial charge in [0, 0.05) is 43.5 Å². The number of aliphatic hydroxyl groups excluding tert-OH is 1. The normalized spacial score (nSPS) is 15.2. The molecule has 1 amide bonds. The fourth-order valence-corrected chi connectivity index (χ4v) is 6.18. The fourth-order valence-electron chi connectivity index (χ4n) is 4.54. The van der Waals surface area contributed by atoms with Gasteiger partial charge in [0.2, 0.25) is 16.8 Å². The number of amides is 1. The summed E-state index contributed by atoms with van der Waals surface area (Å²) in [6.07, 6.45) is 1.83. The summed E-state index contributed by atoms with van der Waals surface area (Å²) in [4.78, 5) is 17.5. The standard InChI is InChI=1S/C29H35N3O7S/c1-21(2)17-32(40(35,36)24-11-12-27-28(15-24)39-20-38-27)18-26(33)25(14-22-8-5-4-6-9-22)31(3)29(34)37-19-23-10-7-13-30-16-23/h4-13,15-16,21,25-26,33H,14,17-20H2,1-3H3/p+1/t25-,26+/m0/s1. The highest BCUT2D eigenvalue weighted by molar-refractivity contribution is 7.89. The van der Waals surface area contributed by atoms with Crippen LogP contribution in [0.3, 0.4) is 0 Å². The van der Waals surface area contributed by atoms with Crippen LogP contribution in [0.25, 0.3) is 0 Å². The van der Waals surface area contributed by atoms with E-state index in [-0.39, 0.29) is 37.3 Å².